The van der Waals surface area contributed by atoms with Crippen molar-refractivity contribution in [3.8, 4) is 0 Å². The predicted molar refractivity (Wildman–Crippen MR) is 81.3 cm³/mol. The summed E-state index contributed by atoms with van der Waals surface area (Å²) in [4.78, 5) is 0. The summed E-state index contributed by atoms with van der Waals surface area (Å²) in [5.41, 5.74) is 3.74. The van der Waals surface area contributed by atoms with E-state index in [-0.39, 0.29) is 17.5 Å². The highest BCUT2D eigenvalue weighted by molar-refractivity contribution is 7.91. The second-order valence-corrected chi connectivity index (χ2v) is 7.61. The van der Waals surface area contributed by atoms with Gasteiger partial charge in [0.15, 0.2) is 0 Å². The van der Waals surface area contributed by atoms with Gasteiger partial charge in [-0.1, -0.05) is 36.2 Å². The second-order valence-electron chi connectivity index (χ2n) is 5.14. The minimum Gasteiger partial charge on any atom is -0.313 e. The van der Waals surface area contributed by atoms with Crippen molar-refractivity contribution in [1.29, 1.82) is 0 Å². The molecule has 19 heavy (non-hydrogen) atoms. The number of hydrogen-bond acceptors (Lipinski definition) is 3. The van der Waals surface area contributed by atoms with E-state index in [2.05, 4.69) is 37.4 Å². The molecule has 3 nitrogen and oxygen atoms in total. The Morgan fingerprint density at radius 3 is 2.21 bits per heavy atom. The molecule has 0 aromatic heterocycles. The van der Waals surface area contributed by atoms with E-state index < -0.39 is 9.84 Å². The van der Waals surface area contributed by atoms with Gasteiger partial charge < -0.3 is 5.32 Å². The molecule has 4 heteroatoms. The number of aryl methyl sites for hydroxylation is 2. The van der Waals surface area contributed by atoms with Crippen molar-refractivity contribution in [3.05, 3.63) is 34.9 Å². The summed E-state index contributed by atoms with van der Waals surface area (Å²) in [5, 5.41) is 3.28. The van der Waals surface area contributed by atoms with Crippen LogP contribution in [0.2, 0.25) is 0 Å². The Labute approximate surface area is 117 Å². The first kappa shape index (κ1) is 16.2. The lowest BCUT2D eigenvalue weighted by Crippen LogP contribution is -2.18. The molecular weight excluding hydrogens is 258 g/mol. The molecule has 1 N–H and O–H groups in total. The standard InChI is InChI=1S/C15H25NO2S/c1-5-19(17,18)8-6-7-15(16-4)14-10-12(2)9-13(3)11-14/h9-11,15-16H,5-8H2,1-4H3. The summed E-state index contributed by atoms with van der Waals surface area (Å²) < 4.78 is 23.0. The summed E-state index contributed by atoms with van der Waals surface area (Å²) in [6.45, 7) is 5.88. The Morgan fingerprint density at radius 2 is 1.74 bits per heavy atom. The number of nitrogens with one attached hydrogen (secondary N) is 1. The molecule has 0 bridgehead atoms. The van der Waals surface area contributed by atoms with Crippen molar-refractivity contribution in [3.63, 3.8) is 0 Å². The molecule has 0 fully saturated rings. The topological polar surface area (TPSA) is 46.2 Å². The average molecular weight is 283 g/mol. The molecule has 0 aliphatic heterocycles. The molecule has 108 valence electrons. The Balaban J connectivity index is 2.68. The highest BCUT2D eigenvalue weighted by Gasteiger charge is 2.13. The molecule has 0 heterocycles. The molecule has 0 spiro atoms. The zero-order valence-corrected chi connectivity index (χ0v) is 13.2. The summed E-state index contributed by atoms with van der Waals surface area (Å²) in [5.74, 6) is 0.521. The molecule has 1 aromatic carbocycles. The summed E-state index contributed by atoms with van der Waals surface area (Å²) in [6, 6.07) is 6.72. The molecule has 1 aromatic rings. The molecule has 0 radical (unpaired) electrons. The zero-order valence-electron chi connectivity index (χ0n) is 12.4. The van der Waals surface area contributed by atoms with E-state index in [0.29, 0.717) is 6.42 Å². The van der Waals surface area contributed by atoms with Gasteiger partial charge in [-0.25, -0.2) is 8.42 Å². The maximum Gasteiger partial charge on any atom is 0.150 e. The van der Waals surface area contributed by atoms with Crippen LogP contribution in [0.25, 0.3) is 0 Å². The number of benzene rings is 1. The lowest BCUT2D eigenvalue weighted by atomic mass is 9.98. The van der Waals surface area contributed by atoms with Crippen LogP contribution in [-0.2, 0) is 9.84 Å². The van der Waals surface area contributed by atoms with Crippen LogP contribution in [0.5, 0.6) is 0 Å². The van der Waals surface area contributed by atoms with Gasteiger partial charge in [0.25, 0.3) is 0 Å². The maximum absolute atomic E-state index is 11.5. The van der Waals surface area contributed by atoms with Crippen LogP contribution >= 0.6 is 0 Å². The van der Waals surface area contributed by atoms with Gasteiger partial charge >= 0.3 is 0 Å². The molecule has 1 unspecified atom stereocenters. The maximum atomic E-state index is 11.5. The largest absolute Gasteiger partial charge is 0.313 e. The molecule has 1 rings (SSSR count). The molecule has 0 aliphatic rings. The predicted octanol–water partition coefficient (Wildman–Crippen LogP) is 2.78. The van der Waals surface area contributed by atoms with Crippen molar-refractivity contribution >= 4 is 9.84 Å². The van der Waals surface area contributed by atoms with Gasteiger partial charge in [-0.05, 0) is 39.3 Å². The second kappa shape index (κ2) is 7.06. The monoisotopic (exact) mass is 283 g/mol. The van der Waals surface area contributed by atoms with Crippen molar-refractivity contribution < 1.29 is 8.42 Å². The van der Waals surface area contributed by atoms with Gasteiger partial charge in [0.1, 0.15) is 9.84 Å². The normalized spacial score (nSPS) is 13.5. The Hall–Kier alpha value is -0.870. The molecule has 0 amide bonds. The van der Waals surface area contributed by atoms with Crippen molar-refractivity contribution in [2.45, 2.75) is 39.7 Å². The van der Waals surface area contributed by atoms with Crippen LogP contribution in [-0.4, -0.2) is 27.0 Å². The van der Waals surface area contributed by atoms with Crippen LogP contribution in [0.3, 0.4) is 0 Å². The number of rotatable bonds is 7. The zero-order chi connectivity index (χ0) is 14.5. The van der Waals surface area contributed by atoms with E-state index in [4.69, 9.17) is 0 Å². The number of sulfone groups is 1. The third kappa shape index (κ3) is 5.33. The fourth-order valence-electron chi connectivity index (χ4n) is 2.34. The minimum absolute atomic E-state index is 0.227. The Kier molecular flexibility index (Phi) is 6.01. The fraction of sp³-hybridized carbons (Fsp3) is 0.600. The Morgan fingerprint density at radius 1 is 1.16 bits per heavy atom. The summed E-state index contributed by atoms with van der Waals surface area (Å²) >= 11 is 0. The van der Waals surface area contributed by atoms with Crippen molar-refractivity contribution in [1.82, 2.24) is 5.32 Å². The smallest absolute Gasteiger partial charge is 0.150 e. The molecule has 1 atom stereocenters. The highest BCUT2D eigenvalue weighted by Crippen LogP contribution is 2.21. The molecule has 0 aliphatic carbocycles. The van der Waals surface area contributed by atoms with E-state index >= 15 is 0 Å². The van der Waals surface area contributed by atoms with E-state index in [9.17, 15) is 8.42 Å². The minimum atomic E-state index is -2.85. The van der Waals surface area contributed by atoms with Crippen molar-refractivity contribution in [2.75, 3.05) is 18.6 Å². The van der Waals surface area contributed by atoms with E-state index in [1.165, 1.54) is 16.7 Å². The average Bonchev–Trinajstić information content (AvgIpc) is 2.33. The highest BCUT2D eigenvalue weighted by atomic mass is 32.2. The quantitative estimate of drug-likeness (QED) is 0.837. The first-order valence-electron chi connectivity index (χ1n) is 6.84. The fourth-order valence-corrected chi connectivity index (χ4v) is 3.24. The van der Waals surface area contributed by atoms with Gasteiger partial charge in [-0.2, -0.15) is 0 Å². The molecular formula is C15H25NO2S. The van der Waals surface area contributed by atoms with Gasteiger partial charge in [0, 0.05) is 11.8 Å². The Bertz CT molecular complexity index is 489. The van der Waals surface area contributed by atoms with Crippen LogP contribution in [0, 0.1) is 13.8 Å². The van der Waals surface area contributed by atoms with E-state index in [1.54, 1.807) is 6.92 Å². The third-order valence-electron chi connectivity index (χ3n) is 3.38. The summed E-state index contributed by atoms with van der Waals surface area (Å²) in [7, 11) is -0.922. The van der Waals surface area contributed by atoms with E-state index in [0.717, 1.165) is 6.42 Å². The lowest BCUT2D eigenvalue weighted by Gasteiger charge is -2.18. The first-order chi connectivity index (χ1) is 8.88. The van der Waals surface area contributed by atoms with Crippen LogP contribution in [0.15, 0.2) is 18.2 Å². The van der Waals surface area contributed by atoms with Gasteiger partial charge in [0.2, 0.25) is 0 Å². The van der Waals surface area contributed by atoms with Crippen LogP contribution in [0.1, 0.15) is 42.5 Å². The SMILES string of the molecule is CCS(=O)(=O)CCCC(NC)c1cc(C)cc(C)c1. The van der Waals surface area contributed by atoms with Gasteiger partial charge in [0.05, 0.1) is 5.75 Å². The number of hydrogen-bond donors (Lipinski definition) is 1. The molecule has 0 saturated heterocycles. The van der Waals surface area contributed by atoms with Crippen LogP contribution < -0.4 is 5.32 Å². The van der Waals surface area contributed by atoms with Gasteiger partial charge in [-0.3, -0.25) is 0 Å². The lowest BCUT2D eigenvalue weighted by molar-refractivity contribution is 0.535. The van der Waals surface area contributed by atoms with Crippen molar-refractivity contribution in [2.24, 2.45) is 0 Å². The summed E-state index contributed by atoms with van der Waals surface area (Å²) in [6.07, 6.45) is 1.55. The van der Waals surface area contributed by atoms with Crippen LogP contribution in [0.4, 0.5) is 0 Å². The molecule has 0 saturated carbocycles. The van der Waals surface area contributed by atoms with Gasteiger partial charge in [-0.15, -0.1) is 0 Å². The third-order valence-corrected chi connectivity index (χ3v) is 5.17. The first-order valence-corrected chi connectivity index (χ1v) is 8.66. The van der Waals surface area contributed by atoms with E-state index in [1.807, 2.05) is 7.05 Å².